The Bertz CT molecular complexity index is 2010. The fourth-order valence-corrected chi connectivity index (χ4v) is 5.28. The van der Waals surface area contributed by atoms with Crippen LogP contribution >= 0.6 is 0 Å². The molecule has 11 nitrogen and oxygen atoms in total. The number of amides is 2. The third kappa shape index (κ3) is 6.11. The SMILES string of the molecule is C#Cc1cccc(Nc2ncnc3ccc(S(=O)(=O)n4ccc(/C=C/C(=O)Nc5ccccc5NC(=O)O)c4)cc23)c1. The largest absolute Gasteiger partial charge is 0.465 e. The summed E-state index contributed by atoms with van der Waals surface area (Å²) in [6.07, 6.45) is 11.0. The van der Waals surface area contributed by atoms with E-state index in [1.807, 2.05) is 6.07 Å². The monoisotopic (exact) mass is 578 g/mol. The second kappa shape index (κ2) is 11.7. The molecule has 5 rings (SSSR count). The van der Waals surface area contributed by atoms with Crippen LogP contribution in [0.15, 0.2) is 102 Å². The highest BCUT2D eigenvalue weighted by atomic mass is 32.2. The number of fused-ring (bicyclic) bond motifs is 1. The lowest BCUT2D eigenvalue weighted by Gasteiger charge is -2.11. The van der Waals surface area contributed by atoms with Crippen molar-refractivity contribution in [2.75, 3.05) is 16.0 Å². The molecule has 2 amide bonds. The van der Waals surface area contributed by atoms with Crippen LogP contribution in [-0.4, -0.2) is 39.5 Å². The average molecular weight is 579 g/mol. The quantitative estimate of drug-likeness (QED) is 0.146. The topological polar surface area (TPSA) is 155 Å². The third-order valence-corrected chi connectivity index (χ3v) is 7.65. The van der Waals surface area contributed by atoms with Crippen LogP contribution in [0.1, 0.15) is 11.1 Å². The summed E-state index contributed by atoms with van der Waals surface area (Å²) in [6, 6.07) is 19.6. The van der Waals surface area contributed by atoms with Crippen LogP contribution in [0.25, 0.3) is 17.0 Å². The normalized spacial score (nSPS) is 11.2. The van der Waals surface area contributed by atoms with Gasteiger partial charge in [-0.3, -0.25) is 10.1 Å². The molecule has 0 aliphatic heterocycles. The number of aromatic nitrogens is 3. The first kappa shape index (κ1) is 27.6. The molecule has 3 aromatic carbocycles. The maximum absolute atomic E-state index is 13.5. The van der Waals surface area contributed by atoms with E-state index >= 15 is 0 Å². The van der Waals surface area contributed by atoms with Gasteiger partial charge in [-0.15, -0.1) is 6.42 Å². The number of carbonyl (C=O) groups excluding carboxylic acids is 1. The first-order valence-electron chi connectivity index (χ1n) is 12.3. The van der Waals surface area contributed by atoms with E-state index < -0.39 is 22.0 Å². The number of hydrogen-bond donors (Lipinski definition) is 4. The van der Waals surface area contributed by atoms with E-state index in [1.165, 1.54) is 55.1 Å². The molecular formula is C30H22N6O5S. The van der Waals surface area contributed by atoms with Crippen molar-refractivity contribution in [2.24, 2.45) is 0 Å². The van der Waals surface area contributed by atoms with Crippen molar-refractivity contribution in [3.05, 3.63) is 109 Å². The Labute approximate surface area is 240 Å². The molecule has 4 N–H and O–H groups in total. The van der Waals surface area contributed by atoms with Crippen molar-refractivity contribution in [1.29, 1.82) is 0 Å². The van der Waals surface area contributed by atoms with Crippen molar-refractivity contribution in [3.8, 4) is 12.3 Å². The number of benzene rings is 3. The van der Waals surface area contributed by atoms with Gasteiger partial charge in [0.15, 0.2) is 0 Å². The minimum atomic E-state index is -4.01. The number of para-hydroxylation sites is 2. The lowest BCUT2D eigenvalue weighted by molar-refractivity contribution is -0.111. The van der Waals surface area contributed by atoms with Gasteiger partial charge in [-0.05, 0) is 66.2 Å². The van der Waals surface area contributed by atoms with E-state index in [1.54, 1.807) is 42.5 Å². The maximum atomic E-state index is 13.5. The van der Waals surface area contributed by atoms with E-state index in [0.29, 0.717) is 33.5 Å². The molecule has 2 heterocycles. The van der Waals surface area contributed by atoms with Crippen molar-refractivity contribution >= 4 is 61.9 Å². The summed E-state index contributed by atoms with van der Waals surface area (Å²) in [7, 11) is -4.01. The van der Waals surface area contributed by atoms with Crippen molar-refractivity contribution < 1.29 is 23.1 Å². The Morgan fingerprint density at radius 1 is 0.952 bits per heavy atom. The number of nitrogens with one attached hydrogen (secondary N) is 3. The Morgan fingerprint density at radius 2 is 1.74 bits per heavy atom. The number of anilines is 4. The molecule has 42 heavy (non-hydrogen) atoms. The molecule has 0 saturated carbocycles. The summed E-state index contributed by atoms with van der Waals surface area (Å²) >= 11 is 0. The van der Waals surface area contributed by atoms with Crippen molar-refractivity contribution in [1.82, 2.24) is 13.9 Å². The van der Waals surface area contributed by atoms with E-state index in [0.717, 1.165) is 3.97 Å². The fraction of sp³-hybridized carbons (Fsp3) is 0. The van der Waals surface area contributed by atoms with E-state index in [-0.39, 0.29) is 16.3 Å². The summed E-state index contributed by atoms with van der Waals surface area (Å²) in [5.74, 6) is 2.45. The fourth-order valence-electron chi connectivity index (χ4n) is 4.04. The second-order valence-electron chi connectivity index (χ2n) is 8.83. The van der Waals surface area contributed by atoms with Crippen molar-refractivity contribution in [3.63, 3.8) is 0 Å². The number of terminal acetylenes is 1. The van der Waals surface area contributed by atoms with E-state index in [4.69, 9.17) is 11.5 Å². The summed E-state index contributed by atoms with van der Waals surface area (Å²) < 4.78 is 28.0. The van der Waals surface area contributed by atoms with Gasteiger partial charge < -0.3 is 15.7 Å². The van der Waals surface area contributed by atoms with Gasteiger partial charge in [-0.1, -0.05) is 24.1 Å². The summed E-state index contributed by atoms with van der Waals surface area (Å²) in [4.78, 5) is 32.0. The van der Waals surface area contributed by atoms with Crippen LogP contribution in [0.4, 0.5) is 27.7 Å². The molecule has 0 radical (unpaired) electrons. The summed E-state index contributed by atoms with van der Waals surface area (Å²) in [5.41, 5.74) is 2.84. The molecule has 12 heteroatoms. The number of carbonyl (C=O) groups is 2. The molecule has 0 atom stereocenters. The zero-order valence-corrected chi connectivity index (χ0v) is 22.5. The first-order chi connectivity index (χ1) is 20.2. The van der Waals surface area contributed by atoms with E-state index in [9.17, 15) is 18.0 Å². The predicted octanol–water partition coefficient (Wildman–Crippen LogP) is 5.14. The lowest BCUT2D eigenvalue weighted by atomic mass is 10.2. The number of carboxylic acid groups (broad SMARTS) is 1. The van der Waals surface area contributed by atoms with Crippen LogP contribution in [0, 0.1) is 12.3 Å². The standard InChI is InChI=1S/C30H22N6O5S/c1-2-20-6-5-7-22(16-20)33-29-24-17-23(11-12-25(24)31-19-32-29)42(40,41)36-15-14-21(18-36)10-13-28(37)34-26-8-3-4-9-27(26)35-30(38)39/h1,3-19,35H,(H,34,37)(H,38,39)(H,31,32,33)/b13-10+. The van der Waals surface area contributed by atoms with Crippen LogP contribution in [-0.2, 0) is 14.8 Å². The van der Waals surface area contributed by atoms with Gasteiger partial charge in [0.05, 0.1) is 21.8 Å². The first-order valence-corrected chi connectivity index (χ1v) is 13.8. The third-order valence-electron chi connectivity index (χ3n) is 6.02. The van der Waals surface area contributed by atoms with Crippen LogP contribution in [0.3, 0.4) is 0 Å². The smallest absolute Gasteiger partial charge is 0.409 e. The summed E-state index contributed by atoms with van der Waals surface area (Å²) in [5, 5.41) is 17.4. The average Bonchev–Trinajstić information content (AvgIpc) is 3.47. The van der Waals surface area contributed by atoms with Gasteiger partial charge >= 0.3 is 6.09 Å². The van der Waals surface area contributed by atoms with Crippen molar-refractivity contribution in [2.45, 2.75) is 4.90 Å². The number of nitrogens with zero attached hydrogens (tertiary/aromatic N) is 3. The Hall–Kier alpha value is -5.93. The van der Waals surface area contributed by atoms with E-state index in [2.05, 4.69) is 31.8 Å². The Kier molecular flexibility index (Phi) is 7.67. The molecule has 208 valence electrons. The maximum Gasteiger partial charge on any atom is 0.409 e. The van der Waals surface area contributed by atoms with Gasteiger partial charge in [0.25, 0.3) is 10.0 Å². The van der Waals surface area contributed by atoms with Gasteiger partial charge in [0.1, 0.15) is 12.1 Å². The molecule has 0 aliphatic rings. The highest BCUT2D eigenvalue weighted by Crippen LogP contribution is 2.27. The predicted molar refractivity (Wildman–Crippen MR) is 160 cm³/mol. The molecule has 0 fully saturated rings. The van der Waals surface area contributed by atoms with Gasteiger partial charge in [0, 0.05) is 35.1 Å². The highest BCUT2D eigenvalue weighted by molar-refractivity contribution is 7.90. The van der Waals surface area contributed by atoms with Crippen LogP contribution in [0.5, 0.6) is 0 Å². The zero-order valence-electron chi connectivity index (χ0n) is 21.7. The number of rotatable bonds is 8. The molecule has 0 spiro atoms. The minimum Gasteiger partial charge on any atom is -0.465 e. The summed E-state index contributed by atoms with van der Waals surface area (Å²) in [6.45, 7) is 0. The Balaban J connectivity index is 1.36. The molecule has 0 saturated heterocycles. The minimum absolute atomic E-state index is 0.0108. The molecular weight excluding hydrogens is 556 g/mol. The van der Waals surface area contributed by atoms with Gasteiger partial charge in [-0.25, -0.2) is 27.2 Å². The van der Waals surface area contributed by atoms with Crippen LogP contribution < -0.4 is 16.0 Å². The van der Waals surface area contributed by atoms with Gasteiger partial charge in [0.2, 0.25) is 5.91 Å². The zero-order chi connectivity index (χ0) is 29.7. The lowest BCUT2D eigenvalue weighted by Crippen LogP contribution is -2.13. The second-order valence-corrected chi connectivity index (χ2v) is 10.7. The molecule has 0 bridgehead atoms. The molecule has 0 aliphatic carbocycles. The molecule has 0 unspecified atom stereocenters. The van der Waals surface area contributed by atoms with Gasteiger partial charge in [-0.2, -0.15) is 0 Å². The molecule has 5 aromatic rings. The number of hydrogen-bond acceptors (Lipinski definition) is 7. The Morgan fingerprint density at radius 3 is 2.50 bits per heavy atom. The molecule has 2 aromatic heterocycles. The highest BCUT2D eigenvalue weighted by Gasteiger charge is 2.18. The van der Waals surface area contributed by atoms with Crippen LogP contribution in [0.2, 0.25) is 0 Å².